The molecule has 0 aliphatic rings. The maximum atomic E-state index is 13.1. The number of hydrogen-bond acceptors (Lipinski definition) is 8. The van der Waals surface area contributed by atoms with E-state index in [4.69, 9.17) is 0 Å². The first-order chi connectivity index (χ1) is 17.2. The van der Waals surface area contributed by atoms with Gasteiger partial charge in [0.15, 0.2) is 6.61 Å². The minimum absolute atomic E-state index is 0.0936. The Bertz CT molecular complexity index is 1230. The normalized spacial score (nSPS) is 12.5. The van der Waals surface area contributed by atoms with E-state index < -0.39 is 54.5 Å². The highest BCUT2D eigenvalue weighted by atomic mass is 19.4. The van der Waals surface area contributed by atoms with E-state index in [1.165, 1.54) is 12.1 Å². The molecule has 0 aliphatic carbocycles. The third-order valence-electron chi connectivity index (χ3n) is 3.96. The fraction of sp³-hybridized carbons (Fsp3) is 0.200. The Morgan fingerprint density at radius 2 is 1.46 bits per heavy atom. The van der Waals surface area contributed by atoms with Crippen LogP contribution in [0.25, 0.3) is 0 Å². The molecule has 1 aromatic heterocycles. The summed E-state index contributed by atoms with van der Waals surface area (Å²) in [5, 5.41) is 6.08. The molecule has 0 saturated carbocycles. The lowest BCUT2D eigenvalue weighted by Gasteiger charge is -2.12. The Morgan fingerprint density at radius 1 is 0.811 bits per heavy atom. The van der Waals surface area contributed by atoms with Gasteiger partial charge < -0.3 is 14.8 Å². The SMILES string of the molecule is FC(F)(F)COc1nc(N/N=C/c2ccccc2C(F)(F)F)nc(Nc2ccc(OC(F)(F)F)cc2)n1. The summed E-state index contributed by atoms with van der Waals surface area (Å²) in [4.78, 5) is 11.0. The molecule has 1 heterocycles. The molecule has 0 unspecified atom stereocenters. The highest BCUT2D eigenvalue weighted by Crippen LogP contribution is 2.31. The minimum atomic E-state index is -4.92. The van der Waals surface area contributed by atoms with E-state index in [2.05, 4.69) is 40.3 Å². The summed E-state index contributed by atoms with van der Waals surface area (Å²) in [7, 11) is 0. The van der Waals surface area contributed by atoms with Crippen molar-refractivity contribution in [1.29, 1.82) is 0 Å². The average Bonchev–Trinajstić information content (AvgIpc) is 2.77. The summed E-state index contributed by atoms with van der Waals surface area (Å²) in [6.07, 6.45) is -13.6. The van der Waals surface area contributed by atoms with Crippen molar-refractivity contribution >= 4 is 23.8 Å². The van der Waals surface area contributed by atoms with Gasteiger partial charge in [0.2, 0.25) is 5.95 Å². The lowest BCUT2D eigenvalue weighted by atomic mass is 10.1. The highest BCUT2D eigenvalue weighted by molar-refractivity contribution is 5.82. The maximum Gasteiger partial charge on any atom is 0.573 e. The molecule has 37 heavy (non-hydrogen) atoms. The van der Waals surface area contributed by atoms with Crippen LogP contribution in [-0.2, 0) is 6.18 Å². The molecule has 17 heteroatoms. The van der Waals surface area contributed by atoms with Gasteiger partial charge in [0.25, 0.3) is 5.95 Å². The molecule has 0 aliphatic heterocycles. The van der Waals surface area contributed by atoms with E-state index in [9.17, 15) is 39.5 Å². The summed E-state index contributed by atoms with van der Waals surface area (Å²) in [6, 6.07) is 7.75. The van der Waals surface area contributed by atoms with Gasteiger partial charge in [0, 0.05) is 11.3 Å². The minimum Gasteiger partial charge on any atom is -0.454 e. The third kappa shape index (κ3) is 9.01. The predicted molar refractivity (Wildman–Crippen MR) is 110 cm³/mol. The molecule has 0 radical (unpaired) electrons. The average molecular weight is 540 g/mol. The van der Waals surface area contributed by atoms with Gasteiger partial charge in [-0.3, -0.25) is 0 Å². The first-order valence-electron chi connectivity index (χ1n) is 9.72. The number of nitrogens with one attached hydrogen (secondary N) is 2. The van der Waals surface area contributed by atoms with E-state index in [0.717, 1.165) is 42.6 Å². The summed E-state index contributed by atoms with van der Waals surface area (Å²) >= 11 is 0. The van der Waals surface area contributed by atoms with Crippen molar-refractivity contribution in [3.05, 3.63) is 59.7 Å². The highest BCUT2D eigenvalue weighted by Gasteiger charge is 2.33. The Labute approximate surface area is 201 Å². The van der Waals surface area contributed by atoms with Gasteiger partial charge in [0.1, 0.15) is 5.75 Å². The number of anilines is 3. The molecule has 0 atom stereocenters. The molecule has 2 aromatic carbocycles. The number of benzene rings is 2. The van der Waals surface area contributed by atoms with Gasteiger partial charge in [-0.15, -0.1) is 13.2 Å². The van der Waals surface area contributed by atoms with Crippen molar-refractivity contribution in [3.8, 4) is 11.8 Å². The lowest BCUT2D eigenvalue weighted by molar-refractivity contribution is -0.274. The zero-order valence-electron chi connectivity index (χ0n) is 17.9. The molecular formula is C20H13F9N6O2. The van der Waals surface area contributed by atoms with Gasteiger partial charge in [-0.2, -0.15) is 46.4 Å². The van der Waals surface area contributed by atoms with Crippen molar-refractivity contribution in [2.75, 3.05) is 17.3 Å². The van der Waals surface area contributed by atoms with Crippen LogP contribution in [0.1, 0.15) is 11.1 Å². The number of alkyl halides is 9. The fourth-order valence-electron chi connectivity index (χ4n) is 2.57. The standard InChI is InChI=1S/C20H13F9N6O2/c21-18(22,23)10-36-17-33-15(31-12-5-7-13(8-6-12)37-20(27,28)29)32-16(34-17)35-30-9-11-3-1-2-4-14(11)19(24,25)26/h1-9H,10H2,(H2,31,32,33,34,35)/b30-9+. The van der Waals surface area contributed by atoms with Crippen LogP contribution < -0.4 is 20.2 Å². The summed E-state index contributed by atoms with van der Waals surface area (Å²) in [5.41, 5.74) is 0.934. The monoisotopic (exact) mass is 540 g/mol. The van der Waals surface area contributed by atoms with Gasteiger partial charge >= 0.3 is 24.7 Å². The predicted octanol–water partition coefficient (Wildman–Crippen LogP) is 5.92. The number of ether oxygens (including phenoxy) is 2. The summed E-state index contributed by atoms with van der Waals surface area (Å²) in [6.45, 7) is -1.78. The molecule has 0 spiro atoms. The maximum absolute atomic E-state index is 13.1. The zero-order chi connectivity index (χ0) is 27.3. The fourth-order valence-corrected chi connectivity index (χ4v) is 2.57. The van der Waals surface area contributed by atoms with E-state index in [1.807, 2.05) is 0 Å². The first kappa shape index (κ1) is 27.3. The molecule has 2 N–H and O–H groups in total. The lowest BCUT2D eigenvalue weighted by Crippen LogP contribution is -2.20. The van der Waals surface area contributed by atoms with Crippen LogP contribution in [-0.4, -0.2) is 40.3 Å². The zero-order valence-corrected chi connectivity index (χ0v) is 17.9. The van der Waals surface area contributed by atoms with Gasteiger partial charge in [-0.25, -0.2) is 5.43 Å². The summed E-state index contributed by atoms with van der Waals surface area (Å²) < 4.78 is 122. The van der Waals surface area contributed by atoms with Gasteiger partial charge in [0.05, 0.1) is 11.8 Å². The van der Waals surface area contributed by atoms with Crippen molar-refractivity contribution in [2.45, 2.75) is 18.7 Å². The Morgan fingerprint density at radius 3 is 2.08 bits per heavy atom. The van der Waals surface area contributed by atoms with E-state index >= 15 is 0 Å². The Kier molecular flexibility index (Phi) is 7.93. The van der Waals surface area contributed by atoms with Crippen molar-refractivity contribution in [2.24, 2.45) is 5.10 Å². The van der Waals surface area contributed by atoms with Crippen LogP contribution in [0, 0.1) is 0 Å². The molecule has 0 bridgehead atoms. The van der Waals surface area contributed by atoms with Crippen molar-refractivity contribution in [1.82, 2.24) is 15.0 Å². The number of hydrogen-bond donors (Lipinski definition) is 2. The second kappa shape index (κ2) is 10.8. The molecular weight excluding hydrogens is 527 g/mol. The molecule has 0 saturated heterocycles. The second-order valence-corrected chi connectivity index (χ2v) is 6.82. The molecule has 3 rings (SSSR count). The number of nitrogens with zero attached hydrogens (tertiary/aromatic N) is 4. The first-order valence-corrected chi connectivity index (χ1v) is 9.72. The van der Waals surface area contributed by atoms with Crippen LogP contribution in [0.2, 0.25) is 0 Å². The van der Waals surface area contributed by atoms with E-state index in [-0.39, 0.29) is 11.3 Å². The topological polar surface area (TPSA) is 93.5 Å². The molecule has 8 nitrogen and oxygen atoms in total. The number of aromatic nitrogens is 3. The van der Waals surface area contributed by atoms with Crippen LogP contribution in [0.5, 0.6) is 11.8 Å². The molecule has 198 valence electrons. The largest absolute Gasteiger partial charge is 0.573 e. The van der Waals surface area contributed by atoms with Gasteiger partial charge in [-0.1, -0.05) is 18.2 Å². The number of hydrazone groups is 1. The van der Waals surface area contributed by atoms with Gasteiger partial charge in [-0.05, 0) is 30.3 Å². The van der Waals surface area contributed by atoms with Crippen LogP contribution in [0.15, 0.2) is 53.6 Å². The Balaban J connectivity index is 1.82. The molecule has 0 fully saturated rings. The van der Waals surface area contributed by atoms with E-state index in [0.29, 0.717) is 0 Å². The quantitative estimate of drug-likeness (QED) is 0.208. The Hall–Kier alpha value is -4.31. The third-order valence-corrected chi connectivity index (χ3v) is 3.96. The van der Waals surface area contributed by atoms with E-state index in [1.54, 1.807) is 0 Å². The van der Waals surface area contributed by atoms with Crippen LogP contribution in [0.3, 0.4) is 0 Å². The smallest absolute Gasteiger partial charge is 0.454 e. The van der Waals surface area contributed by atoms with Crippen molar-refractivity contribution < 1.29 is 49.0 Å². The van der Waals surface area contributed by atoms with Crippen molar-refractivity contribution in [3.63, 3.8) is 0 Å². The molecule has 0 amide bonds. The number of rotatable bonds is 8. The van der Waals surface area contributed by atoms with Crippen LogP contribution in [0.4, 0.5) is 57.1 Å². The van der Waals surface area contributed by atoms with Crippen LogP contribution >= 0.6 is 0 Å². The number of halogens is 9. The summed E-state index contributed by atoms with van der Waals surface area (Å²) in [5.74, 6) is -1.49. The molecule has 3 aromatic rings. The second-order valence-electron chi connectivity index (χ2n) is 6.82.